The van der Waals surface area contributed by atoms with Crippen LogP contribution in [0, 0.1) is 11.6 Å². The molecule has 0 saturated heterocycles. The number of carbonyl (C=O) groups excluding carboxylic acids is 2. The maximum Gasteiger partial charge on any atom is 0.269 e. The Hall–Kier alpha value is -2.96. The molecule has 1 aliphatic heterocycles. The number of hydrogen-bond acceptors (Lipinski definition) is 3. The van der Waals surface area contributed by atoms with E-state index in [1.54, 1.807) is 0 Å². The number of rotatable bonds is 3. The summed E-state index contributed by atoms with van der Waals surface area (Å²) in [5.41, 5.74) is 6.62. The summed E-state index contributed by atoms with van der Waals surface area (Å²) in [7, 11) is 0. The Morgan fingerprint density at radius 1 is 1.04 bits per heavy atom. The smallest absolute Gasteiger partial charge is 0.269 e. The number of anilines is 1. The lowest BCUT2D eigenvalue weighted by Crippen LogP contribution is -2.47. The summed E-state index contributed by atoms with van der Waals surface area (Å²) < 4.78 is 26.0. The van der Waals surface area contributed by atoms with Crippen LogP contribution < -0.4 is 15.8 Å². The van der Waals surface area contributed by atoms with Crippen molar-refractivity contribution in [2.45, 2.75) is 12.8 Å². The van der Waals surface area contributed by atoms with Crippen LogP contribution in [0.1, 0.15) is 22.3 Å². The lowest BCUT2D eigenvalue weighted by atomic mass is 10.0. The number of nitrogens with zero attached hydrogens (tertiary/aromatic N) is 1. The second-order valence-electron chi connectivity index (χ2n) is 5.79. The summed E-state index contributed by atoms with van der Waals surface area (Å²) in [6.45, 7) is 0.844. The molecule has 0 aromatic heterocycles. The van der Waals surface area contributed by atoms with Gasteiger partial charge in [-0.05, 0) is 42.7 Å². The zero-order chi connectivity index (χ0) is 17.8. The molecule has 0 saturated carbocycles. The fourth-order valence-electron chi connectivity index (χ4n) is 2.82. The monoisotopic (exact) mass is 345 g/mol. The minimum Gasteiger partial charge on any atom is -0.362 e. The number of para-hydroxylation sites is 1. The minimum atomic E-state index is -1.12. The molecule has 0 unspecified atom stereocenters. The van der Waals surface area contributed by atoms with E-state index in [-0.39, 0.29) is 12.1 Å². The largest absolute Gasteiger partial charge is 0.362 e. The van der Waals surface area contributed by atoms with Gasteiger partial charge in [-0.3, -0.25) is 20.4 Å². The number of benzene rings is 2. The second-order valence-corrected chi connectivity index (χ2v) is 5.79. The van der Waals surface area contributed by atoms with E-state index in [1.165, 1.54) is 5.56 Å². The molecule has 3 rings (SSSR count). The van der Waals surface area contributed by atoms with E-state index in [0.29, 0.717) is 0 Å². The molecule has 0 fully saturated rings. The van der Waals surface area contributed by atoms with Gasteiger partial charge < -0.3 is 4.90 Å². The van der Waals surface area contributed by atoms with Gasteiger partial charge in [0.05, 0.1) is 6.54 Å². The predicted octanol–water partition coefficient (Wildman–Crippen LogP) is 2.18. The predicted molar refractivity (Wildman–Crippen MR) is 88.9 cm³/mol. The first-order valence-corrected chi connectivity index (χ1v) is 7.91. The quantitative estimate of drug-likeness (QED) is 0.839. The van der Waals surface area contributed by atoms with Crippen LogP contribution in [0.4, 0.5) is 14.5 Å². The molecular formula is C18H17F2N3O2. The van der Waals surface area contributed by atoms with Crippen molar-refractivity contribution in [3.63, 3.8) is 0 Å². The Morgan fingerprint density at radius 3 is 2.64 bits per heavy atom. The number of fused-ring (bicyclic) bond motifs is 1. The third-order valence-electron chi connectivity index (χ3n) is 4.04. The summed E-state index contributed by atoms with van der Waals surface area (Å²) in [6, 6.07) is 10.6. The normalized spacial score (nSPS) is 13.1. The molecular weight excluding hydrogens is 328 g/mol. The molecule has 5 nitrogen and oxygen atoms in total. The highest BCUT2D eigenvalue weighted by Crippen LogP contribution is 2.26. The Morgan fingerprint density at radius 2 is 1.84 bits per heavy atom. The van der Waals surface area contributed by atoms with E-state index in [1.807, 2.05) is 29.2 Å². The highest BCUT2D eigenvalue weighted by atomic mass is 19.2. The van der Waals surface area contributed by atoms with E-state index >= 15 is 0 Å². The van der Waals surface area contributed by atoms with Crippen molar-refractivity contribution in [2.75, 3.05) is 18.0 Å². The molecule has 1 aliphatic rings. The maximum atomic E-state index is 13.1. The third kappa shape index (κ3) is 3.93. The van der Waals surface area contributed by atoms with Crippen LogP contribution >= 0.6 is 0 Å². The minimum absolute atomic E-state index is 0.0810. The number of carbonyl (C=O) groups is 2. The van der Waals surface area contributed by atoms with Crippen molar-refractivity contribution in [3.05, 3.63) is 65.2 Å². The molecule has 0 aliphatic carbocycles. The standard InChI is InChI=1S/C18H17F2N3O2/c19-14-8-7-13(10-15(14)20)18(25)22-21-17(24)11-23-9-3-5-12-4-1-2-6-16(12)23/h1-2,4,6-8,10H,3,5,9,11H2,(H,21,24)(H,22,25). The molecule has 0 radical (unpaired) electrons. The van der Waals surface area contributed by atoms with E-state index in [9.17, 15) is 18.4 Å². The van der Waals surface area contributed by atoms with Crippen molar-refractivity contribution in [1.82, 2.24) is 10.9 Å². The van der Waals surface area contributed by atoms with Crippen molar-refractivity contribution >= 4 is 17.5 Å². The van der Waals surface area contributed by atoms with Crippen LogP contribution in [0.5, 0.6) is 0 Å². The van der Waals surface area contributed by atoms with Gasteiger partial charge in [0.1, 0.15) is 0 Å². The molecule has 2 aromatic carbocycles. The van der Waals surface area contributed by atoms with Crippen molar-refractivity contribution in [1.29, 1.82) is 0 Å². The molecule has 2 aromatic rings. The number of amides is 2. The number of hydrazine groups is 1. The lowest BCUT2D eigenvalue weighted by Gasteiger charge is -2.30. The van der Waals surface area contributed by atoms with Crippen molar-refractivity contribution in [2.24, 2.45) is 0 Å². The summed E-state index contributed by atoms with van der Waals surface area (Å²) in [5, 5.41) is 0. The molecule has 2 amide bonds. The van der Waals surface area contributed by atoms with Gasteiger partial charge in [-0.25, -0.2) is 8.78 Å². The van der Waals surface area contributed by atoms with Gasteiger partial charge in [-0.15, -0.1) is 0 Å². The van der Waals surface area contributed by atoms with Gasteiger partial charge >= 0.3 is 0 Å². The van der Waals surface area contributed by atoms with E-state index in [0.717, 1.165) is 43.3 Å². The maximum absolute atomic E-state index is 13.1. The molecule has 7 heteroatoms. The first-order valence-electron chi connectivity index (χ1n) is 7.91. The average Bonchev–Trinajstić information content (AvgIpc) is 2.62. The first kappa shape index (κ1) is 16.9. The molecule has 130 valence electrons. The van der Waals surface area contributed by atoms with E-state index in [4.69, 9.17) is 0 Å². The Kier molecular flexibility index (Phi) is 4.92. The number of hydrogen-bond donors (Lipinski definition) is 2. The zero-order valence-electron chi connectivity index (χ0n) is 13.4. The lowest BCUT2D eigenvalue weighted by molar-refractivity contribution is -0.120. The van der Waals surface area contributed by atoms with Crippen LogP contribution in [0.25, 0.3) is 0 Å². The van der Waals surface area contributed by atoms with Gasteiger partial charge in [-0.2, -0.15) is 0 Å². The molecule has 2 N–H and O–H groups in total. The SMILES string of the molecule is O=C(CN1CCCc2ccccc21)NNC(=O)c1ccc(F)c(F)c1. The van der Waals surface area contributed by atoms with Gasteiger partial charge in [0.15, 0.2) is 11.6 Å². The molecule has 25 heavy (non-hydrogen) atoms. The summed E-state index contributed by atoms with van der Waals surface area (Å²) in [6.07, 6.45) is 1.92. The Bertz CT molecular complexity index is 811. The van der Waals surface area contributed by atoms with Gasteiger partial charge in [0, 0.05) is 17.8 Å². The molecule has 0 spiro atoms. The second kappa shape index (κ2) is 7.29. The molecule has 0 bridgehead atoms. The van der Waals surface area contributed by atoms with Gasteiger partial charge in [-0.1, -0.05) is 18.2 Å². The van der Waals surface area contributed by atoms with Crippen LogP contribution in [-0.4, -0.2) is 24.9 Å². The summed E-state index contributed by atoms with van der Waals surface area (Å²) in [5.74, 6) is -3.27. The number of aryl methyl sites for hydroxylation is 1. The van der Waals surface area contributed by atoms with E-state index in [2.05, 4.69) is 10.9 Å². The topological polar surface area (TPSA) is 61.4 Å². The molecule has 0 atom stereocenters. The highest BCUT2D eigenvalue weighted by molar-refractivity contribution is 5.95. The Balaban J connectivity index is 1.57. The van der Waals surface area contributed by atoms with Crippen LogP contribution in [-0.2, 0) is 11.2 Å². The number of halogens is 2. The average molecular weight is 345 g/mol. The van der Waals surface area contributed by atoms with Crippen LogP contribution in [0.15, 0.2) is 42.5 Å². The van der Waals surface area contributed by atoms with Crippen molar-refractivity contribution in [3.8, 4) is 0 Å². The third-order valence-corrected chi connectivity index (χ3v) is 4.04. The number of nitrogens with one attached hydrogen (secondary N) is 2. The fourth-order valence-corrected chi connectivity index (χ4v) is 2.82. The van der Waals surface area contributed by atoms with Gasteiger partial charge in [0.2, 0.25) is 0 Å². The molecule has 1 heterocycles. The zero-order valence-corrected chi connectivity index (χ0v) is 13.4. The van der Waals surface area contributed by atoms with Gasteiger partial charge in [0.25, 0.3) is 11.8 Å². The van der Waals surface area contributed by atoms with E-state index < -0.39 is 23.4 Å². The van der Waals surface area contributed by atoms with Crippen LogP contribution in [0.3, 0.4) is 0 Å². The fraction of sp³-hybridized carbons (Fsp3) is 0.222. The Labute approximate surface area is 143 Å². The summed E-state index contributed by atoms with van der Waals surface area (Å²) >= 11 is 0. The highest BCUT2D eigenvalue weighted by Gasteiger charge is 2.19. The van der Waals surface area contributed by atoms with Crippen molar-refractivity contribution < 1.29 is 18.4 Å². The first-order chi connectivity index (χ1) is 12.0. The summed E-state index contributed by atoms with van der Waals surface area (Å²) in [4.78, 5) is 25.9. The van der Waals surface area contributed by atoms with Crippen LogP contribution in [0.2, 0.25) is 0 Å².